The van der Waals surface area contributed by atoms with Crippen molar-refractivity contribution in [2.75, 3.05) is 12.4 Å². The van der Waals surface area contributed by atoms with Crippen molar-refractivity contribution in [2.24, 2.45) is 5.16 Å². The number of benzene rings is 1. The van der Waals surface area contributed by atoms with Crippen molar-refractivity contribution < 1.29 is 9.94 Å². The summed E-state index contributed by atoms with van der Waals surface area (Å²) in [5, 5.41) is 16.7. The first-order chi connectivity index (χ1) is 11.6. The van der Waals surface area contributed by atoms with Gasteiger partial charge in [-0.1, -0.05) is 23.4 Å². The summed E-state index contributed by atoms with van der Waals surface area (Å²) in [4.78, 5) is 8.89. The highest BCUT2D eigenvalue weighted by Crippen LogP contribution is 2.34. The Morgan fingerprint density at radius 1 is 1.29 bits per heavy atom. The third kappa shape index (κ3) is 3.08. The average molecular weight is 324 g/mol. The number of aromatic nitrogens is 2. The first-order valence-corrected chi connectivity index (χ1v) is 7.80. The molecule has 124 valence electrons. The molecule has 0 saturated heterocycles. The monoisotopic (exact) mass is 324 g/mol. The van der Waals surface area contributed by atoms with Gasteiger partial charge < -0.3 is 15.3 Å². The van der Waals surface area contributed by atoms with E-state index in [1.165, 1.54) is 0 Å². The van der Waals surface area contributed by atoms with Gasteiger partial charge in [-0.15, -0.1) is 0 Å². The lowest BCUT2D eigenvalue weighted by Gasteiger charge is -2.19. The second kappa shape index (κ2) is 6.70. The summed E-state index contributed by atoms with van der Waals surface area (Å²) in [5.74, 6) is 1.11. The van der Waals surface area contributed by atoms with E-state index >= 15 is 0 Å². The van der Waals surface area contributed by atoms with Gasteiger partial charge in [0.1, 0.15) is 5.75 Å². The van der Waals surface area contributed by atoms with Gasteiger partial charge in [-0.3, -0.25) is 0 Å². The van der Waals surface area contributed by atoms with Crippen LogP contribution in [0, 0.1) is 0 Å². The Morgan fingerprint density at radius 2 is 2.12 bits per heavy atom. The summed E-state index contributed by atoms with van der Waals surface area (Å²) in [6, 6.07) is 4.12. The third-order valence-corrected chi connectivity index (χ3v) is 3.80. The van der Waals surface area contributed by atoms with Gasteiger partial charge in [0.25, 0.3) is 0 Å². The molecular formula is C18H20N4O2. The lowest BCUT2D eigenvalue weighted by Crippen LogP contribution is -2.13. The molecule has 6 heteroatoms. The van der Waals surface area contributed by atoms with E-state index in [4.69, 9.17) is 4.74 Å². The van der Waals surface area contributed by atoms with Crippen molar-refractivity contribution >= 4 is 22.6 Å². The van der Waals surface area contributed by atoms with E-state index in [-0.39, 0.29) is 12.0 Å². The van der Waals surface area contributed by atoms with Gasteiger partial charge in [-0.05, 0) is 26.0 Å². The Kier molecular flexibility index (Phi) is 4.46. The van der Waals surface area contributed by atoms with Crippen LogP contribution in [-0.4, -0.2) is 34.0 Å². The molecule has 24 heavy (non-hydrogen) atoms. The van der Waals surface area contributed by atoms with Crippen molar-refractivity contribution in [3.05, 3.63) is 48.2 Å². The van der Waals surface area contributed by atoms with Gasteiger partial charge in [0.15, 0.2) is 0 Å². The van der Waals surface area contributed by atoms with Crippen molar-refractivity contribution in [3.8, 4) is 5.75 Å². The summed E-state index contributed by atoms with van der Waals surface area (Å²) < 4.78 is 5.55. The molecule has 2 N–H and O–H groups in total. The Bertz CT molecular complexity index is 840. The molecule has 1 aliphatic carbocycles. The fourth-order valence-electron chi connectivity index (χ4n) is 2.72. The molecule has 1 aromatic carbocycles. The standard InChI is InChI=1S/C18H20N4O2/c1-11(2)20-18-19-10-12-8-14(17(24-3)9-16(12)21-18)13-6-4-5-7-15(13)22-23/h4-11,13,23H,1-3H3,(H,19,20,21). The second-order valence-corrected chi connectivity index (χ2v) is 5.89. The molecular weight excluding hydrogens is 304 g/mol. The van der Waals surface area contributed by atoms with Gasteiger partial charge >= 0.3 is 0 Å². The van der Waals surface area contributed by atoms with Crippen molar-refractivity contribution in [1.82, 2.24) is 9.97 Å². The summed E-state index contributed by atoms with van der Waals surface area (Å²) in [6.07, 6.45) is 9.30. The predicted molar refractivity (Wildman–Crippen MR) is 95.1 cm³/mol. The summed E-state index contributed by atoms with van der Waals surface area (Å²) in [6.45, 7) is 4.08. The lowest BCUT2D eigenvalue weighted by molar-refractivity contribution is 0.318. The van der Waals surface area contributed by atoms with Gasteiger partial charge in [0.05, 0.1) is 24.3 Å². The normalized spacial score (nSPS) is 18.5. The molecule has 0 aliphatic heterocycles. The van der Waals surface area contributed by atoms with Crippen LogP contribution >= 0.6 is 0 Å². The molecule has 2 aromatic rings. The SMILES string of the molecule is COc1cc2nc(NC(C)C)ncc2cc1C1C=CC=CC1=NO. The van der Waals surface area contributed by atoms with E-state index < -0.39 is 0 Å². The van der Waals surface area contributed by atoms with Crippen LogP contribution in [0.5, 0.6) is 5.75 Å². The number of allylic oxidation sites excluding steroid dienone is 4. The summed E-state index contributed by atoms with van der Waals surface area (Å²) in [5.41, 5.74) is 2.27. The molecule has 1 unspecified atom stereocenters. The molecule has 3 rings (SSSR count). The Balaban J connectivity index is 2.09. The second-order valence-electron chi connectivity index (χ2n) is 5.89. The minimum atomic E-state index is -0.173. The number of anilines is 1. The van der Waals surface area contributed by atoms with Crippen LogP contribution in [0.4, 0.5) is 5.95 Å². The minimum absolute atomic E-state index is 0.173. The van der Waals surface area contributed by atoms with Crippen LogP contribution in [0.2, 0.25) is 0 Å². The zero-order valence-corrected chi connectivity index (χ0v) is 13.9. The maximum Gasteiger partial charge on any atom is 0.223 e. The largest absolute Gasteiger partial charge is 0.496 e. The maximum absolute atomic E-state index is 9.25. The van der Waals surface area contributed by atoms with Gasteiger partial charge in [0, 0.05) is 29.3 Å². The first-order valence-electron chi connectivity index (χ1n) is 7.80. The molecule has 1 aliphatic rings. The number of ether oxygens (including phenoxy) is 1. The van der Waals surface area contributed by atoms with Crippen molar-refractivity contribution in [2.45, 2.75) is 25.8 Å². The summed E-state index contributed by atoms with van der Waals surface area (Å²) >= 11 is 0. The molecule has 0 spiro atoms. The van der Waals surface area contributed by atoms with Crippen molar-refractivity contribution in [1.29, 1.82) is 0 Å². The molecule has 1 heterocycles. The number of fused-ring (bicyclic) bond motifs is 1. The highest BCUT2D eigenvalue weighted by molar-refractivity contribution is 6.03. The molecule has 1 atom stereocenters. The van der Waals surface area contributed by atoms with Crippen LogP contribution in [0.25, 0.3) is 10.9 Å². The van der Waals surface area contributed by atoms with E-state index in [0.29, 0.717) is 17.4 Å². The minimum Gasteiger partial charge on any atom is -0.496 e. The molecule has 0 fully saturated rings. The lowest BCUT2D eigenvalue weighted by atomic mass is 9.89. The van der Waals surface area contributed by atoms with Gasteiger partial charge in [-0.2, -0.15) is 0 Å². The predicted octanol–water partition coefficient (Wildman–Crippen LogP) is 3.50. The van der Waals surface area contributed by atoms with Crippen LogP contribution in [-0.2, 0) is 0 Å². The van der Waals surface area contributed by atoms with Gasteiger partial charge in [0.2, 0.25) is 5.95 Å². The highest BCUT2D eigenvalue weighted by atomic mass is 16.5. The Hall–Kier alpha value is -2.89. The van der Waals surface area contributed by atoms with E-state index in [1.54, 1.807) is 19.4 Å². The van der Waals surface area contributed by atoms with Gasteiger partial charge in [-0.25, -0.2) is 9.97 Å². The molecule has 0 saturated carbocycles. The number of hydrogen-bond donors (Lipinski definition) is 2. The smallest absolute Gasteiger partial charge is 0.223 e. The summed E-state index contributed by atoms with van der Waals surface area (Å²) in [7, 11) is 1.62. The van der Waals surface area contributed by atoms with Crippen LogP contribution < -0.4 is 10.1 Å². The Labute approximate surface area is 140 Å². The topological polar surface area (TPSA) is 79.6 Å². The van der Waals surface area contributed by atoms with Crippen LogP contribution in [0.1, 0.15) is 25.3 Å². The van der Waals surface area contributed by atoms with Crippen LogP contribution in [0.15, 0.2) is 47.8 Å². The van der Waals surface area contributed by atoms with E-state index in [9.17, 15) is 5.21 Å². The number of nitrogens with one attached hydrogen (secondary N) is 1. The molecule has 0 bridgehead atoms. The number of oxime groups is 1. The Morgan fingerprint density at radius 3 is 2.83 bits per heavy atom. The molecule has 0 radical (unpaired) electrons. The van der Waals surface area contributed by atoms with E-state index in [0.717, 1.165) is 16.5 Å². The van der Waals surface area contributed by atoms with Crippen molar-refractivity contribution in [3.63, 3.8) is 0 Å². The van der Waals surface area contributed by atoms with E-state index in [1.807, 2.05) is 44.2 Å². The number of methoxy groups -OCH3 is 1. The molecule has 0 amide bonds. The zero-order valence-electron chi connectivity index (χ0n) is 13.9. The fraction of sp³-hybridized carbons (Fsp3) is 0.278. The van der Waals surface area contributed by atoms with E-state index in [2.05, 4.69) is 20.4 Å². The fourth-order valence-corrected chi connectivity index (χ4v) is 2.72. The zero-order chi connectivity index (χ0) is 17.1. The number of hydrogen-bond acceptors (Lipinski definition) is 6. The number of nitrogens with zero attached hydrogens (tertiary/aromatic N) is 3. The first kappa shape index (κ1) is 16.0. The number of rotatable bonds is 4. The average Bonchev–Trinajstić information content (AvgIpc) is 2.60. The highest BCUT2D eigenvalue weighted by Gasteiger charge is 2.21. The quantitative estimate of drug-likeness (QED) is 0.664. The molecule has 6 nitrogen and oxygen atoms in total. The van der Waals surface area contributed by atoms with Crippen LogP contribution in [0.3, 0.4) is 0 Å². The maximum atomic E-state index is 9.25. The molecule has 1 aromatic heterocycles. The third-order valence-electron chi connectivity index (χ3n) is 3.80.